The Morgan fingerprint density at radius 1 is 1.32 bits per heavy atom. The quantitative estimate of drug-likeness (QED) is 0.357. The normalized spacial score (nSPS) is 15.1. The number of allylic oxidation sites excluding steroid dienone is 1. The lowest BCUT2D eigenvalue weighted by molar-refractivity contribution is -0.122. The lowest BCUT2D eigenvalue weighted by atomic mass is 9.99. The van der Waals surface area contributed by atoms with E-state index in [9.17, 15) is 17.6 Å². The van der Waals surface area contributed by atoms with Crippen molar-refractivity contribution >= 4 is 23.6 Å². The summed E-state index contributed by atoms with van der Waals surface area (Å²) in [7, 11) is 1.58. The van der Waals surface area contributed by atoms with Crippen LogP contribution in [0.3, 0.4) is 0 Å². The second kappa shape index (κ2) is 10.5. The Hall–Kier alpha value is -3.72. The van der Waals surface area contributed by atoms with Gasteiger partial charge in [0, 0.05) is 49.7 Å². The third-order valence-electron chi connectivity index (χ3n) is 5.32. The molecule has 0 amide bonds. The van der Waals surface area contributed by atoms with Gasteiger partial charge in [-0.1, -0.05) is 6.07 Å². The maximum absolute atomic E-state index is 14.5. The minimum atomic E-state index is -4.45. The minimum Gasteiger partial charge on any atom is -0.382 e. The van der Waals surface area contributed by atoms with Crippen molar-refractivity contribution in [3.8, 4) is 17.3 Å². The molecule has 1 saturated heterocycles. The van der Waals surface area contributed by atoms with Gasteiger partial charge in [0.25, 0.3) is 0 Å². The molecule has 0 saturated carbocycles. The molecule has 1 fully saturated rings. The number of nitrogens with one attached hydrogen (secondary N) is 3. The molecule has 1 aliphatic rings. The highest BCUT2D eigenvalue weighted by molar-refractivity contribution is 6.12. The van der Waals surface area contributed by atoms with Crippen molar-refractivity contribution < 1.29 is 17.6 Å². The summed E-state index contributed by atoms with van der Waals surface area (Å²) < 4.78 is 52.4. The van der Waals surface area contributed by atoms with E-state index in [1.165, 1.54) is 12.1 Å². The summed E-state index contributed by atoms with van der Waals surface area (Å²) >= 11 is 0. The fourth-order valence-corrected chi connectivity index (χ4v) is 3.57. The van der Waals surface area contributed by atoms with Crippen molar-refractivity contribution in [2.75, 3.05) is 36.9 Å². The third kappa shape index (κ3) is 5.79. The first-order valence-electron chi connectivity index (χ1n) is 10.5. The first kappa shape index (κ1) is 24.9. The number of piperidine rings is 1. The average Bonchev–Trinajstić information content (AvgIpc) is 2.81. The summed E-state index contributed by atoms with van der Waals surface area (Å²) in [5, 5.41) is 21.9. The van der Waals surface area contributed by atoms with Crippen LogP contribution in [0.25, 0.3) is 16.8 Å². The van der Waals surface area contributed by atoms with Crippen LogP contribution >= 0.6 is 0 Å². The summed E-state index contributed by atoms with van der Waals surface area (Å²) in [5.74, 6) is -0.174. The predicted molar refractivity (Wildman–Crippen MR) is 122 cm³/mol. The number of nitrogens with zero attached hydrogens (tertiary/aromatic N) is 4. The lowest BCUT2D eigenvalue weighted by Gasteiger charge is -2.31. The molecule has 5 N–H and O–H groups in total. The number of hydrogen-bond donors (Lipinski definition) is 4. The average molecular weight is 476 g/mol. The zero-order valence-electron chi connectivity index (χ0n) is 18.4. The number of halogens is 4. The molecule has 0 radical (unpaired) electrons. The number of rotatable bonds is 7. The number of nitriles is 1. The highest BCUT2D eigenvalue weighted by Crippen LogP contribution is 2.34. The number of aromatic nitrogens is 2. The van der Waals surface area contributed by atoms with Crippen molar-refractivity contribution in [1.29, 1.82) is 10.7 Å². The van der Waals surface area contributed by atoms with Crippen molar-refractivity contribution in [1.82, 2.24) is 15.3 Å². The molecule has 0 spiro atoms. The summed E-state index contributed by atoms with van der Waals surface area (Å²) in [6.45, 7) is -0.0937. The minimum absolute atomic E-state index is 0.0561. The fourth-order valence-electron chi connectivity index (χ4n) is 3.57. The highest BCUT2D eigenvalue weighted by Gasteiger charge is 2.27. The molecule has 1 aromatic heterocycles. The van der Waals surface area contributed by atoms with Crippen LogP contribution in [0.1, 0.15) is 24.0 Å². The van der Waals surface area contributed by atoms with E-state index < -0.39 is 18.5 Å². The van der Waals surface area contributed by atoms with E-state index in [1.54, 1.807) is 13.1 Å². The number of anilines is 2. The molecule has 0 bridgehead atoms. The molecule has 180 valence electrons. The maximum Gasteiger partial charge on any atom is 0.405 e. The van der Waals surface area contributed by atoms with Gasteiger partial charge in [-0.15, -0.1) is 0 Å². The first-order chi connectivity index (χ1) is 16.2. The second-order valence-corrected chi connectivity index (χ2v) is 7.72. The Labute approximate surface area is 194 Å². The second-order valence-electron chi connectivity index (χ2n) is 7.72. The van der Waals surface area contributed by atoms with E-state index in [4.69, 9.17) is 16.4 Å². The fraction of sp³-hybridized carbons (Fsp3) is 0.364. The molecule has 3 rings (SSSR count). The monoisotopic (exact) mass is 476 g/mol. The molecule has 1 aromatic carbocycles. The molecule has 0 unspecified atom stereocenters. The summed E-state index contributed by atoms with van der Waals surface area (Å²) in [6.07, 6.45) is -1.08. The van der Waals surface area contributed by atoms with Gasteiger partial charge in [-0.3, -0.25) is 0 Å². The van der Waals surface area contributed by atoms with Gasteiger partial charge >= 0.3 is 6.18 Å². The van der Waals surface area contributed by atoms with Crippen molar-refractivity contribution in [2.45, 2.75) is 25.1 Å². The number of nitrogens with two attached hydrogens (primary N) is 1. The van der Waals surface area contributed by atoms with Crippen LogP contribution in [0.5, 0.6) is 0 Å². The Morgan fingerprint density at radius 3 is 2.59 bits per heavy atom. The molecular weight excluding hydrogens is 452 g/mol. The smallest absolute Gasteiger partial charge is 0.382 e. The molecule has 2 aromatic rings. The van der Waals surface area contributed by atoms with Gasteiger partial charge in [0.2, 0.25) is 5.95 Å². The van der Waals surface area contributed by atoms with Crippen LogP contribution in [-0.2, 0) is 0 Å². The maximum atomic E-state index is 14.5. The van der Waals surface area contributed by atoms with Crippen LogP contribution in [0.4, 0.5) is 29.3 Å². The van der Waals surface area contributed by atoms with E-state index in [-0.39, 0.29) is 39.8 Å². The molecule has 8 nitrogen and oxygen atoms in total. The largest absolute Gasteiger partial charge is 0.405 e. The van der Waals surface area contributed by atoms with Crippen LogP contribution in [-0.4, -0.2) is 55.1 Å². The van der Waals surface area contributed by atoms with Crippen LogP contribution in [0.15, 0.2) is 24.4 Å². The lowest BCUT2D eigenvalue weighted by Crippen LogP contribution is -2.40. The molecule has 2 heterocycles. The van der Waals surface area contributed by atoms with E-state index >= 15 is 0 Å². The SMILES string of the molecule is CNc1nc(N2CCC(N)CC2)nc(-c2ccc(C#N)c(F)c2)c1/C(C=N)=C/NCC(F)(F)F. The predicted octanol–water partition coefficient (Wildman–Crippen LogP) is 3.27. The summed E-state index contributed by atoms with van der Waals surface area (Å²) in [4.78, 5) is 11.1. The Morgan fingerprint density at radius 2 is 2.03 bits per heavy atom. The Kier molecular flexibility index (Phi) is 7.68. The Balaban J connectivity index is 2.18. The highest BCUT2D eigenvalue weighted by atomic mass is 19.4. The van der Waals surface area contributed by atoms with E-state index in [1.807, 2.05) is 4.90 Å². The van der Waals surface area contributed by atoms with Crippen LogP contribution in [0, 0.1) is 22.6 Å². The molecule has 0 atom stereocenters. The Bertz CT molecular complexity index is 1120. The standard InChI is InChI=1S/C22H24F4N8/c1-30-20-18(15(10-28)11-31-12-22(24,25)26)19(13-2-3-14(9-27)17(23)8-13)32-21(33-20)34-6-4-16(29)5-7-34/h2-3,8,10-11,16,28,31H,4-7,12,29H2,1H3,(H,30,32,33)/b15-11+,28-10?. The van der Waals surface area contributed by atoms with Gasteiger partial charge in [0.15, 0.2) is 0 Å². The van der Waals surface area contributed by atoms with Gasteiger partial charge < -0.3 is 26.7 Å². The number of benzene rings is 1. The van der Waals surface area contributed by atoms with Crippen LogP contribution in [0.2, 0.25) is 0 Å². The zero-order valence-corrected chi connectivity index (χ0v) is 18.4. The van der Waals surface area contributed by atoms with E-state index in [0.717, 1.165) is 31.3 Å². The van der Waals surface area contributed by atoms with E-state index in [2.05, 4.69) is 20.6 Å². The number of alkyl halides is 3. The summed E-state index contributed by atoms with van der Waals surface area (Å²) in [6, 6.07) is 5.74. The zero-order chi connectivity index (χ0) is 24.9. The van der Waals surface area contributed by atoms with E-state index in [0.29, 0.717) is 19.0 Å². The van der Waals surface area contributed by atoms with Crippen molar-refractivity contribution in [2.24, 2.45) is 5.73 Å². The van der Waals surface area contributed by atoms with Crippen molar-refractivity contribution in [3.05, 3.63) is 41.3 Å². The summed E-state index contributed by atoms with van der Waals surface area (Å²) in [5.41, 5.74) is 6.59. The number of hydrogen-bond acceptors (Lipinski definition) is 8. The van der Waals surface area contributed by atoms with Crippen LogP contribution < -0.4 is 21.3 Å². The molecule has 0 aliphatic carbocycles. The molecular formula is C22H24F4N8. The topological polar surface area (TPSA) is 127 Å². The molecule has 34 heavy (non-hydrogen) atoms. The first-order valence-corrected chi connectivity index (χ1v) is 10.5. The van der Waals surface area contributed by atoms with Gasteiger partial charge in [-0.2, -0.15) is 23.4 Å². The molecule has 1 aliphatic heterocycles. The van der Waals surface area contributed by atoms with Gasteiger partial charge in [0.05, 0.1) is 16.8 Å². The van der Waals surface area contributed by atoms with Gasteiger partial charge in [-0.25, -0.2) is 9.37 Å². The van der Waals surface area contributed by atoms with Crippen molar-refractivity contribution in [3.63, 3.8) is 0 Å². The van der Waals surface area contributed by atoms with Gasteiger partial charge in [-0.05, 0) is 25.0 Å². The van der Waals surface area contributed by atoms with Gasteiger partial charge in [0.1, 0.15) is 24.2 Å². The molecule has 12 heteroatoms. The third-order valence-corrected chi connectivity index (χ3v) is 5.32.